The van der Waals surface area contributed by atoms with Gasteiger partial charge in [0.1, 0.15) is 5.82 Å². The molecule has 0 unspecified atom stereocenters. The van der Waals surface area contributed by atoms with Gasteiger partial charge in [0.2, 0.25) is 11.8 Å². The Morgan fingerprint density at radius 1 is 1.23 bits per heavy atom. The second-order valence-electron chi connectivity index (χ2n) is 2.07. The molecule has 0 fully saturated rings. The van der Waals surface area contributed by atoms with Gasteiger partial charge in [-0.3, -0.25) is 0 Å². The molecule has 0 saturated carbocycles. The van der Waals surface area contributed by atoms with E-state index in [9.17, 15) is 0 Å². The van der Waals surface area contributed by atoms with Crippen molar-refractivity contribution in [3.8, 4) is 11.8 Å². The molecule has 0 aliphatic carbocycles. The number of hydrogen-bond acceptors (Lipinski definition) is 5. The normalized spacial score (nSPS) is 8.85. The summed E-state index contributed by atoms with van der Waals surface area (Å²) in [6, 6.07) is 1.60. The van der Waals surface area contributed by atoms with E-state index in [4.69, 9.17) is 15.2 Å². The van der Waals surface area contributed by atoms with Gasteiger partial charge in [-0.25, -0.2) is 0 Å². The molecule has 6 heteroatoms. The van der Waals surface area contributed by atoms with Crippen LogP contribution in [0.3, 0.4) is 0 Å². The molecule has 1 aromatic heterocycles. The number of nitrogens with zero attached hydrogens (tertiary/aromatic N) is 2. The number of hydrogen-bond donors (Lipinski definition) is 1. The van der Waals surface area contributed by atoms with Crippen LogP contribution in [-0.2, 0) is 6.54 Å². The van der Waals surface area contributed by atoms with Crippen molar-refractivity contribution < 1.29 is 9.47 Å². The molecular formula is C7H12ClN3O2. The maximum absolute atomic E-state index is 5.36. The van der Waals surface area contributed by atoms with E-state index in [-0.39, 0.29) is 19.0 Å². The lowest BCUT2D eigenvalue weighted by molar-refractivity contribution is 0.368. The third-order valence-electron chi connectivity index (χ3n) is 1.33. The van der Waals surface area contributed by atoms with Crippen molar-refractivity contribution in [2.45, 2.75) is 6.54 Å². The Morgan fingerprint density at radius 2 is 1.69 bits per heavy atom. The highest BCUT2D eigenvalue weighted by Gasteiger charge is 2.02. The quantitative estimate of drug-likeness (QED) is 0.772. The molecule has 1 heterocycles. The first-order chi connectivity index (χ1) is 5.80. The Morgan fingerprint density at radius 3 is 2.00 bits per heavy atom. The average Bonchev–Trinajstić information content (AvgIpc) is 2.16. The summed E-state index contributed by atoms with van der Waals surface area (Å²) in [5.74, 6) is 1.43. The van der Waals surface area contributed by atoms with E-state index in [1.165, 1.54) is 14.2 Å². The second-order valence-corrected chi connectivity index (χ2v) is 2.07. The third-order valence-corrected chi connectivity index (χ3v) is 1.33. The van der Waals surface area contributed by atoms with E-state index in [0.29, 0.717) is 17.6 Å². The fourth-order valence-corrected chi connectivity index (χ4v) is 0.750. The number of nitrogens with two attached hydrogens (primary N) is 1. The largest absolute Gasteiger partial charge is 0.481 e. The van der Waals surface area contributed by atoms with Gasteiger partial charge in [0, 0.05) is 0 Å². The van der Waals surface area contributed by atoms with Crippen molar-refractivity contribution in [2.75, 3.05) is 14.2 Å². The van der Waals surface area contributed by atoms with Crippen molar-refractivity contribution in [2.24, 2.45) is 5.73 Å². The molecule has 5 nitrogen and oxygen atoms in total. The smallest absolute Gasteiger partial charge is 0.220 e. The summed E-state index contributed by atoms with van der Waals surface area (Å²) in [4.78, 5) is 7.96. The van der Waals surface area contributed by atoms with Crippen LogP contribution in [0.2, 0.25) is 0 Å². The molecule has 0 radical (unpaired) electrons. The van der Waals surface area contributed by atoms with Crippen LogP contribution in [0.15, 0.2) is 6.07 Å². The monoisotopic (exact) mass is 205 g/mol. The zero-order valence-electron chi connectivity index (χ0n) is 7.48. The lowest BCUT2D eigenvalue weighted by Gasteiger charge is -2.03. The molecule has 0 bridgehead atoms. The highest BCUT2D eigenvalue weighted by atomic mass is 35.5. The van der Waals surface area contributed by atoms with Crippen molar-refractivity contribution in [3.63, 3.8) is 0 Å². The van der Waals surface area contributed by atoms with Crippen molar-refractivity contribution in [3.05, 3.63) is 11.9 Å². The van der Waals surface area contributed by atoms with Crippen molar-refractivity contribution in [1.29, 1.82) is 0 Å². The molecule has 13 heavy (non-hydrogen) atoms. The molecular weight excluding hydrogens is 194 g/mol. The summed E-state index contributed by atoms with van der Waals surface area (Å²) in [6.07, 6.45) is 0. The van der Waals surface area contributed by atoms with Gasteiger partial charge in [-0.1, -0.05) is 0 Å². The van der Waals surface area contributed by atoms with Crippen LogP contribution in [0, 0.1) is 0 Å². The van der Waals surface area contributed by atoms with Gasteiger partial charge in [0.15, 0.2) is 0 Å². The van der Waals surface area contributed by atoms with Crippen molar-refractivity contribution in [1.82, 2.24) is 9.97 Å². The van der Waals surface area contributed by atoms with E-state index < -0.39 is 0 Å². The van der Waals surface area contributed by atoms with Crippen LogP contribution in [0.25, 0.3) is 0 Å². The minimum absolute atomic E-state index is 0. The lowest BCUT2D eigenvalue weighted by Crippen LogP contribution is -2.05. The standard InChI is InChI=1S/C7H11N3O2.ClH/c1-11-6-3-7(12-2)10-5(4-8)9-6;/h3H,4,8H2,1-2H3;1H. The first-order valence-corrected chi connectivity index (χ1v) is 3.46. The van der Waals surface area contributed by atoms with Crippen LogP contribution < -0.4 is 15.2 Å². The molecule has 74 valence electrons. The molecule has 1 aromatic rings. The van der Waals surface area contributed by atoms with Crippen LogP contribution in [0.4, 0.5) is 0 Å². The number of aromatic nitrogens is 2. The molecule has 0 spiro atoms. The fraction of sp³-hybridized carbons (Fsp3) is 0.429. The molecule has 0 aromatic carbocycles. The summed E-state index contributed by atoms with van der Waals surface area (Å²) in [5.41, 5.74) is 5.36. The molecule has 1 rings (SSSR count). The van der Waals surface area contributed by atoms with Gasteiger partial charge in [0.05, 0.1) is 26.8 Å². The van der Waals surface area contributed by atoms with E-state index in [0.717, 1.165) is 0 Å². The maximum atomic E-state index is 5.36. The summed E-state index contributed by atoms with van der Waals surface area (Å²) >= 11 is 0. The molecule has 0 aliphatic heterocycles. The van der Waals surface area contributed by atoms with E-state index in [1.54, 1.807) is 6.07 Å². The molecule has 0 amide bonds. The zero-order valence-corrected chi connectivity index (χ0v) is 8.30. The molecule has 2 N–H and O–H groups in total. The zero-order chi connectivity index (χ0) is 8.97. The Labute approximate surface area is 82.7 Å². The molecule has 0 saturated heterocycles. The predicted molar refractivity (Wildman–Crippen MR) is 50.3 cm³/mol. The first kappa shape index (κ1) is 11.9. The number of methoxy groups -OCH3 is 2. The SMILES string of the molecule is COc1cc(OC)nc(CN)n1.Cl. The summed E-state index contributed by atoms with van der Waals surface area (Å²) in [6.45, 7) is 0.271. The maximum Gasteiger partial charge on any atom is 0.220 e. The topological polar surface area (TPSA) is 70.3 Å². The van der Waals surface area contributed by atoms with Crippen LogP contribution in [0.1, 0.15) is 5.82 Å². The van der Waals surface area contributed by atoms with Crippen LogP contribution in [0.5, 0.6) is 11.8 Å². The lowest BCUT2D eigenvalue weighted by atomic mass is 10.5. The minimum Gasteiger partial charge on any atom is -0.481 e. The number of halogens is 1. The number of rotatable bonds is 3. The van der Waals surface area contributed by atoms with Gasteiger partial charge in [-0.2, -0.15) is 9.97 Å². The highest BCUT2D eigenvalue weighted by Crippen LogP contribution is 2.13. The van der Waals surface area contributed by atoms with E-state index >= 15 is 0 Å². The van der Waals surface area contributed by atoms with Crippen LogP contribution >= 0.6 is 12.4 Å². The van der Waals surface area contributed by atoms with Gasteiger partial charge >= 0.3 is 0 Å². The number of ether oxygens (including phenoxy) is 2. The Hall–Kier alpha value is -1.07. The average molecular weight is 206 g/mol. The Balaban J connectivity index is 0.00000144. The third kappa shape index (κ3) is 3.04. The first-order valence-electron chi connectivity index (χ1n) is 3.46. The van der Waals surface area contributed by atoms with E-state index in [2.05, 4.69) is 9.97 Å². The van der Waals surface area contributed by atoms with Crippen LogP contribution in [-0.4, -0.2) is 24.2 Å². The van der Waals surface area contributed by atoms with Gasteiger partial charge < -0.3 is 15.2 Å². The Kier molecular flexibility index (Phi) is 5.10. The van der Waals surface area contributed by atoms with Gasteiger partial charge in [-0.05, 0) is 0 Å². The highest BCUT2D eigenvalue weighted by molar-refractivity contribution is 5.85. The Bertz CT molecular complexity index is 215. The fourth-order valence-electron chi connectivity index (χ4n) is 0.750. The molecule has 0 aliphatic rings. The summed E-state index contributed by atoms with van der Waals surface area (Å²) < 4.78 is 9.82. The summed E-state index contributed by atoms with van der Waals surface area (Å²) in [5, 5.41) is 0. The van der Waals surface area contributed by atoms with Gasteiger partial charge in [-0.15, -0.1) is 12.4 Å². The summed E-state index contributed by atoms with van der Waals surface area (Å²) in [7, 11) is 3.06. The van der Waals surface area contributed by atoms with Gasteiger partial charge in [0.25, 0.3) is 0 Å². The minimum atomic E-state index is 0. The van der Waals surface area contributed by atoms with Crippen molar-refractivity contribution >= 4 is 12.4 Å². The molecule has 0 atom stereocenters. The second kappa shape index (κ2) is 5.55. The predicted octanol–water partition coefficient (Wildman–Crippen LogP) is 0.374. The van der Waals surface area contributed by atoms with E-state index in [1.807, 2.05) is 0 Å².